The average molecular weight is 307 g/mol. The molecule has 0 fully saturated rings. The summed E-state index contributed by atoms with van der Waals surface area (Å²) in [5.74, 6) is 0.376. The third-order valence-electron chi connectivity index (χ3n) is 3.21. The van der Waals surface area contributed by atoms with Crippen molar-refractivity contribution in [1.29, 1.82) is 0 Å². The summed E-state index contributed by atoms with van der Waals surface area (Å²) in [5.41, 5.74) is 2.24. The van der Waals surface area contributed by atoms with Crippen LogP contribution >= 0.6 is 27.3 Å². The molecule has 0 radical (unpaired) electrons. The largest absolute Gasteiger partial charge is 0.508 e. The first kappa shape index (κ1) is 11.1. The van der Waals surface area contributed by atoms with Crippen molar-refractivity contribution in [2.45, 2.75) is 13.8 Å². The molecule has 0 saturated carbocycles. The number of phenolic OH excluding ortho intramolecular Hbond substituents is 1. The van der Waals surface area contributed by atoms with E-state index in [0.717, 1.165) is 10.0 Å². The molecule has 0 amide bonds. The SMILES string of the molecule is Cc1c(O)ccc2c1sc1c(C)c(Br)ccc12. The Bertz CT molecular complexity index is 681. The summed E-state index contributed by atoms with van der Waals surface area (Å²) >= 11 is 5.32. The van der Waals surface area contributed by atoms with Crippen molar-refractivity contribution >= 4 is 47.4 Å². The lowest BCUT2D eigenvalue weighted by Crippen LogP contribution is -1.75. The predicted octanol–water partition coefficient (Wildman–Crippen LogP) is 5.14. The van der Waals surface area contributed by atoms with Gasteiger partial charge in [0, 0.05) is 30.2 Å². The first-order valence-corrected chi connectivity index (χ1v) is 7.00. The van der Waals surface area contributed by atoms with Crippen molar-refractivity contribution in [2.24, 2.45) is 0 Å². The third kappa shape index (κ3) is 1.49. The monoisotopic (exact) mass is 306 g/mol. The summed E-state index contributed by atoms with van der Waals surface area (Å²) in [6, 6.07) is 8.01. The molecule has 3 heteroatoms. The van der Waals surface area contributed by atoms with Crippen LogP contribution in [0.2, 0.25) is 0 Å². The number of hydrogen-bond donors (Lipinski definition) is 1. The van der Waals surface area contributed by atoms with E-state index in [2.05, 4.69) is 35.0 Å². The average Bonchev–Trinajstić information content (AvgIpc) is 2.69. The Hall–Kier alpha value is -1.06. The Morgan fingerprint density at radius 1 is 0.941 bits per heavy atom. The Labute approximate surface area is 112 Å². The summed E-state index contributed by atoms with van der Waals surface area (Å²) in [7, 11) is 0. The van der Waals surface area contributed by atoms with Gasteiger partial charge in [0.15, 0.2) is 0 Å². The molecule has 86 valence electrons. The Morgan fingerprint density at radius 3 is 2.24 bits per heavy atom. The topological polar surface area (TPSA) is 20.2 Å². The maximum atomic E-state index is 9.76. The van der Waals surface area contributed by atoms with Crippen molar-refractivity contribution in [1.82, 2.24) is 0 Å². The minimum atomic E-state index is 0.376. The number of rotatable bonds is 0. The zero-order chi connectivity index (χ0) is 12.2. The first-order valence-electron chi connectivity index (χ1n) is 5.39. The van der Waals surface area contributed by atoms with Crippen molar-refractivity contribution < 1.29 is 5.11 Å². The smallest absolute Gasteiger partial charge is 0.119 e. The van der Waals surface area contributed by atoms with Crippen LogP contribution in [0, 0.1) is 13.8 Å². The van der Waals surface area contributed by atoms with E-state index in [1.54, 1.807) is 17.4 Å². The maximum absolute atomic E-state index is 9.76. The summed E-state index contributed by atoms with van der Waals surface area (Å²) in [6.07, 6.45) is 0. The van der Waals surface area contributed by atoms with Crippen LogP contribution in [-0.2, 0) is 0 Å². The van der Waals surface area contributed by atoms with Gasteiger partial charge in [-0.05, 0) is 37.6 Å². The molecule has 0 aliphatic rings. The quantitative estimate of drug-likeness (QED) is 0.610. The van der Waals surface area contributed by atoms with E-state index < -0.39 is 0 Å². The summed E-state index contributed by atoms with van der Waals surface area (Å²) < 4.78 is 3.61. The van der Waals surface area contributed by atoms with Crippen molar-refractivity contribution in [3.8, 4) is 5.75 Å². The first-order chi connectivity index (χ1) is 8.09. The van der Waals surface area contributed by atoms with Crippen LogP contribution in [0.25, 0.3) is 20.2 Å². The summed E-state index contributed by atoms with van der Waals surface area (Å²) in [4.78, 5) is 0. The number of halogens is 1. The number of thiophene rings is 1. The summed E-state index contributed by atoms with van der Waals surface area (Å²) in [6.45, 7) is 4.09. The van der Waals surface area contributed by atoms with E-state index >= 15 is 0 Å². The fourth-order valence-corrected chi connectivity index (χ4v) is 3.90. The highest BCUT2D eigenvalue weighted by Gasteiger charge is 2.12. The predicted molar refractivity (Wildman–Crippen MR) is 78.2 cm³/mol. The molecular weight excluding hydrogens is 296 g/mol. The molecule has 0 bridgehead atoms. The number of fused-ring (bicyclic) bond motifs is 3. The number of hydrogen-bond acceptors (Lipinski definition) is 2. The number of aromatic hydroxyl groups is 1. The molecule has 0 atom stereocenters. The number of benzene rings is 2. The van der Waals surface area contributed by atoms with E-state index in [4.69, 9.17) is 0 Å². The van der Waals surface area contributed by atoms with Crippen LogP contribution in [0.4, 0.5) is 0 Å². The van der Waals surface area contributed by atoms with Crippen molar-refractivity contribution in [3.05, 3.63) is 39.9 Å². The van der Waals surface area contributed by atoms with Gasteiger partial charge >= 0.3 is 0 Å². The van der Waals surface area contributed by atoms with Gasteiger partial charge in [-0.2, -0.15) is 0 Å². The fraction of sp³-hybridized carbons (Fsp3) is 0.143. The second kappa shape index (κ2) is 3.72. The lowest BCUT2D eigenvalue weighted by atomic mass is 10.1. The molecule has 2 aromatic carbocycles. The summed E-state index contributed by atoms with van der Waals surface area (Å²) in [5, 5.41) is 12.3. The van der Waals surface area contributed by atoms with Crippen LogP contribution < -0.4 is 0 Å². The van der Waals surface area contributed by atoms with Gasteiger partial charge in [0.25, 0.3) is 0 Å². The second-order valence-corrected chi connectivity index (χ2v) is 6.11. The van der Waals surface area contributed by atoms with Crippen molar-refractivity contribution in [2.75, 3.05) is 0 Å². The van der Waals surface area contributed by atoms with Crippen molar-refractivity contribution in [3.63, 3.8) is 0 Å². The molecule has 0 spiro atoms. The molecule has 17 heavy (non-hydrogen) atoms. The molecule has 1 heterocycles. The third-order valence-corrected chi connectivity index (χ3v) is 5.53. The van der Waals surface area contributed by atoms with Gasteiger partial charge in [-0.1, -0.05) is 22.0 Å². The Balaban J connectivity index is 2.58. The van der Waals surface area contributed by atoms with Crippen LogP contribution in [-0.4, -0.2) is 5.11 Å². The lowest BCUT2D eigenvalue weighted by molar-refractivity contribution is 0.472. The zero-order valence-corrected chi connectivity index (χ0v) is 11.9. The molecule has 0 aliphatic heterocycles. The number of phenols is 1. The molecule has 3 rings (SSSR count). The van der Waals surface area contributed by atoms with E-state index in [1.165, 1.54) is 25.7 Å². The van der Waals surface area contributed by atoms with Gasteiger partial charge < -0.3 is 5.11 Å². The molecule has 1 aromatic heterocycles. The van der Waals surface area contributed by atoms with Gasteiger partial charge in [-0.15, -0.1) is 11.3 Å². The van der Waals surface area contributed by atoms with E-state index in [9.17, 15) is 5.11 Å². The van der Waals surface area contributed by atoms with Crippen LogP contribution in [0.5, 0.6) is 5.75 Å². The minimum Gasteiger partial charge on any atom is -0.508 e. The van der Waals surface area contributed by atoms with E-state index in [-0.39, 0.29) is 0 Å². The Kier molecular flexibility index (Phi) is 2.42. The van der Waals surface area contributed by atoms with Crippen LogP contribution in [0.1, 0.15) is 11.1 Å². The standard InChI is InChI=1S/C14H11BrOS/c1-7-11(15)5-3-9-10-4-6-12(16)8(2)14(10)17-13(7)9/h3-6,16H,1-2H3. The normalized spacial score (nSPS) is 11.5. The van der Waals surface area contributed by atoms with E-state index in [1.807, 2.05) is 13.0 Å². The highest BCUT2D eigenvalue weighted by Crippen LogP contribution is 2.41. The van der Waals surface area contributed by atoms with Crippen LogP contribution in [0.3, 0.4) is 0 Å². The van der Waals surface area contributed by atoms with Gasteiger partial charge in [-0.3, -0.25) is 0 Å². The highest BCUT2D eigenvalue weighted by atomic mass is 79.9. The molecule has 1 nitrogen and oxygen atoms in total. The minimum absolute atomic E-state index is 0.376. The molecule has 0 aliphatic carbocycles. The molecule has 3 aromatic rings. The van der Waals surface area contributed by atoms with Gasteiger partial charge in [0.1, 0.15) is 5.75 Å². The fourth-order valence-electron chi connectivity index (χ4n) is 2.14. The Morgan fingerprint density at radius 2 is 1.53 bits per heavy atom. The van der Waals surface area contributed by atoms with Crippen LogP contribution in [0.15, 0.2) is 28.7 Å². The zero-order valence-electron chi connectivity index (χ0n) is 9.54. The molecule has 1 N–H and O–H groups in total. The molecular formula is C14H11BrOS. The van der Waals surface area contributed by atoms with E-state index in [0.29, 0.717) is 5.75 Å². The molecule has 0 unspecified atom stereocenters. The second-order valence-electron chi connectivity index (χ2n) is 4.24. The molecule has 0 saturated heterocycles. The van der Waals surface area contributed by atoms with Gasteiger partial charge in [0.05, 0.1) is 0 Å². The maximum Gasteiger partial charge on any atom is 0.119 e. The van der Waals surface area contributed by atoms with Gasteiger partial charge in [0.2, 0.25) is 0 Å². The highest BCUT2D eigenvalue weighted by molar-refractivity contribution is 9.10. The van der Waals surface area contributed by atoms with Gasteiger partial charge in [-0.25, -0.2) is 0 Å². The lowest BCUT2D eigenvalue weighted by Gasteiger charge is -1.99. The number of aryl methyl sites for hydroxylation is 2.